The summed E-state index contributed by atoms with van der Waals surface area (Å²) in [6.07, 6.45) is 3.97. The average Bonchev–Trinajstić information content (AvgIpc) is 2.90. The molecule has 0 atom stereocenters. The third-order valence-corrected chi connectivity index (χ3v) is 4.14. The number of H-pyrrole nitrogens is 1. The summed E-state index contributed by atoms with van der Waals surface area (Å²) in [5.41, 5.74) is 4.24. The molecule has 0 bridgehead atoms. The molecule has 0 radical (unpaired) electrons. The number of nitrogens with one attached hydrogen (secondary N) is 1. The van der Waals surface area contributed by atoms with E-state index < -0.39 is 0 Å². The van der Waals surface area contributed by atoms with Crippen LogP contribution in [0.1, 0.15) is 37.9 Å². The molecule has 4 heteroatoms. The number of nitrogens with zero attached hydrogens (tertiary/aromatic N) is 1. The summed E-state index contributed by atoms with van der Waals surface area (Å²) in [4.78, 5) is 15.6. The molecule has 0 saturated carbocycles. The maximum Gasteiger partial charge on any atom is 0.330 e. The number of fused-ring (bicyclic) bond motifs is 3. The van der Waals surface area contributed by atoms with Crippen molar-refractivity contribution in [1.29, 1.82) is 0 Å². The summed E-state index contributed by atoms with van der Waals surface area (Å²) >= 11 is 0. The first-order valence-corrected chi connectivity index (χ1v) is 7.92. The average molecular weight is 298 g/mol. The van der Waals surface area contributed by atoms with E-state index in [4.69, 9.17) is 4.74 Å². The molecule has 3 aromatic rings. The van der Waals surface area contributed by atoms with Crippen molar-refractivity contribution in [2.45, 2.75) is 39.5 Å². The van der Waals surface area contributed by atoms with E-state index in [2.05, 4.69) is 24.9 Å². The minimum absolute atomic E-state index is 0.0570. The van der Waals surface area contributed by atoms with Gasteiger partial charge in [0, 0.05) is 11.1 Å². The van der Waals surface area contributed by atoms with Crippen LogP contribution in [0.2, 0.25) is 0 Å². The third kappa shape index (κ3) is 2.28. The fourth-order valence-electron chi connectivity index (χ4n) is 3.17. The first kappa shape index (κ1) is 14.7. The van der Waals surface area contributed by atoms with Gasteiger partial charge in [0.25, 0.3) is 0 Å². The lowest BCUT2D eigenvalue weighted by molar-refractivity contribution is 0.415. The van der Waals surface area contributed by atoms with E-state index in [1.54, 1.807) is 11.5 Å². The highest BCUT2D eigenvalue weighted by Crippen LogP contribution is 2.27. The molecule has 1 N–H and O–H groups in total. The normalized spacial score (nSPS) is 11.4. The van der Waals surface area contributed by atoms with Crippen molar-refractivity contribution in [3.05, 3.63) is 46.0 Å². The summed E-state index contributed by atoms with van der Waals surface area (Å²) < 4.78 is 7.08. The molecule has 0 saturated heterocycles. The first-order chi connectivity index (χ1) is 10.7. The Morgan fingerprint density at radius 3 is 2.55 bits per heavy atom. The van der Waals surface area contributed by atoms with Crippen molar-refractivity contribution >= 4 is 16.4 Å². The van der Waals surface area contributed by atoms with Crippen LogP contribution in [0.4, 0.5) is 0 Å². The maximum absolute atomic E-state index is 12.5. The van der Waals surface area contributed by atoms with Crippen molar-refractivity contribution in [2.24, 2.45) is 0 Å². The zero-order chi connectivity index (χ0) is 15.7. The van der Waals surface area contributed by atoms with E-state index in [1.807, 2.05) is 18.2 Å². The van der Waals surface area contributed by atoms with E-state index in [-0.39, 0.29) is 5.69 Å². The Bertz CT molecular complexity index is 874. The minimum Gasteiger partial charge on any atom is -0.497 e. The van der Waals surface area contributed by atoms with E-state index in [0.717, 1.165) is 53.5 Å². The molecule has 0 aliphatic carbocycles. The number of aromatic amines is 1. The molecule has 22 heavy (non-hydrogen) atoms. The minimum atomic E-state index is -0.0570. The molecule has 0 fully saturated rings. The molecule has 2 heterocycles. The predicted octanol–water partition coefficient (Wildman–Crippen LogP) is 3.69. The van der Waals surface area contributed by atoms with Gasteiger partial charge in [-0.2, -0.15) is 0 Å². The molecule has 4 nitrogen and oxygen atoms in total. The second-order valence-corrected chi connectivity index (χ2v) is 5.68. The van der Waals surface area contributed by atoms with E-state index in [0.29, 0.717) is 0 Å². The number of aryl methyl sites for hydroxylation is 2. The summed E-state index contributed by atoms with van der Waals surface area (Å²) in [5, 5.41) is 1.04. The van der Waals surface area contributed by atoms with Crippen LogP contribution in [0.5, 0.6) is 5.75 Å². The van der Waals surface area contributed by atoms with Crippen molar-refractivity contribution in [1.82, 2.24) is 9.38 Å². The summed E-state index contributed by atoms with van der Waals surface area (Å²) in [7, 11) is 1.66. The Kier molecular flexibility index (Phi) is 3.92. The molecule has 0 aliphatic heterocycles. The van der Waals surface area contributed by atoms with Crippen LogP contribution >= 0.6 is 0 Å². The number of hydrogen-bond acceptors (Lipinski definition) is 2. The van der Waals surface area contributed by atoms with Gasteiger partial charge in [-0.1, -0.05) is 26.7 Å². The largest absolute Gasteiger partial charge is 0.497 e. The molecule has 0 aliphatic rings. The van der Waals surface area contributed by atoms with Gasteiger partial charge in [0.05, 0.1) is 18.1 Å². The Hall–Kier alpha value is -2.23. The van der Waals surface area contributed by atoms with Gasteiger partial charge in [0.1, 0.15) is 5.75 Å². The Morgan fingerprint density at radius 1 is 1.09 bits per heavy atom. The van der Waals surface area contributed by atoms with Crippen molar-refractivity contribution < 1.29 is 4.74 Å². The van der Waals surface area contributed by atoms with Gasteiger partial charge >= 0.3 is 5.69 Å². The summed E-state index contributed by atoms with van der Waals surface area (Å²) in [6.45, 7) is 4.31. The van der Waals surface area contributed by atoms with Crippen LogP contribution in [0.3, 0.4) is 0 Å². The second kappa shape index (κ2) is 5.87. The van der Waals surface area contributed by atoms with Crippen molar-refractivity contribution in [3.8, 4) is 5.75 Å². The third-order valence-electron chi connectivity index (χ3n) is 4.14. The standard InChI is InChI=1S/C18H22N2O2/c1-4-6-14-15(7-5-2)19-18(21)20-16-9-8-13(22-3)10-12(16)11-17(14)20/h8-11H,4-7H2,1-3H3,(H,19,21). The maximum atomic E-state index is 12.5. The summed E-state index contributed by atoms with van der Waals surface area (Å²) in [5.74, 6) is 0.811. The monoisotopic (exact) mass is 298 g/mol. The Labute approximate surface area is 129 Å². The molecule has 1 aromatic carbocycles. The lowest BCUT2D eigenvalue weighted by Gasteiger charge is -2.10. The van der Waals surface area contributed by atoms with Gasteiger partial charge in [-0.05, 0) is 42.7 Å². The number of ether oxygens (including phenoxy) is 1. The number of benzene rings is 1. The van der Waals surface area contributed by atoms with Gasteiger partial charge in [0.15, 0.2) is 0 Å². The first-order valence-electron chi connectivity index (χ1n) is 7.92. The van der Waals surface area contributed by atoms with Gasteiger partial charge in [-0.25, -0.2) is 4.79 Å². The molecule has 0 spiro atoms. The SMILES string of the molecule is CCCc1[nH]c(=O)n2c(cc3cc(OC)ccc32)c1CCC. The Morgan fingerprint density at radius 2 is 1.86 bits per heavy atom. The number of methoxy groups -OCH3 is 1. The van der Waals surface area contributed by atoms with Crippen molar-refractivity contribution in [3.63, 3.8) is 0 Å². The van der Waals surface area contributed by atoms with E-state index >= 15 is 0 Å². The van der Waals surface area contributed by atoms with Gasteiger partial charge in [-0.15, -0.1) is 0 Å². The topological polar surface area (TPSA) is 46.5 Å². The molecular weight excluding hydrogens is 276 g/mol. The van der Waals surface area contributed by atoms with Crippen LogP contribution in [0.25, 0.3) is 16.4 Å². The van der Waals surface area contributed by atoms with Crippen molar-refractivity contribution in [2.75, 3.05) is 7.11 Å². The molecule has 2 aromatic heterocycles. The number of rotatable bonds is 5. The molecule has 3 rings (SSSR count). The van der Waals surface area contributed by atoms with Gasteiger partial charge in [-0.3, -0.25) is 4.40 Å². The fourth-order valence-corrected chi connectivity index (χ4v) is 3.17. The zero-order valence-electron chi connectivity index (χ0n) is 13.4. The van der Waals surface area contributed by atoms with Crippen LogP contribution in [0, 0.1) is 0 Å². The van der Waals surface area contributed by atoms with Crippen LogP contribution < -0.4 is 10.4 Å². The predicted molar refractivity (Wildman–Crippen MR) is 90.1 cm³/mol. The number of hydrogen-bond donors (Lipinski definition) is 1. The molecular formula is C18H22N2O2. The molecule has 0 amide bonds. The fraction of sp³-hybridized carbons (Fsp3) is 0.389. The smallest absolute Gasteiger partial charge is 0.330 e. The van der Waals surface area contributed by atoms with Crippen LogP contribution in [-0.2, 0) is 12.8 Å². The Balaban J connectivity index is 2.38. The van der Waals surface area contributed by atoms with Crippen LogP contribution in [-0.4, -0.2) is 16.5 Å². The summed E-state index contributed by atoms with van der Waals surface area (Å²) in [6, 6.07) is 7.94. The highest BCUT2D eigenvalue weighted by atomic mass is 16.5. The zero-order valence-corrected chi connectivity index (χ0v) is 13.4. The van der Waals surface area contributed by atoms with E-state index in [1.165, 1.54) is 5.56 Å². The number of aromatic nitrogens is 2. The second-order valence-electron chi connectivity index (χ2n) is 5.68. The van der Waals surface area contributed by atoms with E-state index in [9.17, 15) is 4.79 Å². The highest BCUT2D eigenvalue weighted by molar-refractivity contribution is 5.89. The lowest BCUT2D eigenvalue weighted by Crippen LogP contribution is -2.20. The quantitative estimate of drug-likeness (QED) is 0.781. The lowest BCUT2D eigenvalue weighted by atomic mass is 10.0. The molecule has 0 unspecified atom stereocenters. The van der Waals surface area contributed by atoms with Crippen LogP contribution in [0.15, 0.2) is 29.1 Å². The van der Waals surface area contributed by atoms with Gasteiger partial charge < -0.3 is 9.72 Å². The highest BCUT2D eigenvalue weighted by Gasteiger charge is 2.14. The molecule has 116 valence electrons. The van der Waals surface area contributed by atoms with Gasteiger partial charge in [0.2, 0.25) is 0 Å².